The molecule has 1 unspecified atom stereocenters. The molecule has 0 spiro atoms. The lowest BCUT2D eigenvalue weighted by molar-refractivity contribution is 0.642. The molecule has 18 heavy (non-hydrogen) atoms. The highest BCUT2D eigenvalue weighted by Gasteiger charge is 2.09. The van der Waals surface area contributed by atoms with Gasteiger partial charge in [-0.15, -0.1) is 11.8 Å². The van der Waals surface area contributed by atoms with E-state index < -0.39 is 0 Å². The van der Waals surface area contributed by atoms with E-state index in [1.54, 1.807) is 0 Å². The average molecular weight is 330 g/mol. The molecule has 0 aliphatic carbocycles. The third-order valence-corrected chi connectivity index (χ3v) is 5.21. The minimum Gasteiger partial charge on any atom is -0.313 e. The fraction of sp³-hybridized carbons (Fsp3) is 0.600. The highest BCUT2D eigenvalue weighted by Crippen LogP contribution is 2.31. The van der Waals surface area contributed by atoms with Gasteiger partial charge in [0.15, 0.2) is 0 Å². The van der Waals surface area contributed by atoms with E-state index in [-0.39, 0.29) is 0 Å². The van der Waals surface area contributed by atoms with Crippen molar-refractivity contribution in [2.75, 3.05) is 6.54 Å². The van der Waals surface area contributed by atoms with E-state index >= 15 is 0 Å². The smallest absolute Gasteiger partial charge is 0.0231 e. The Kier molecular flexibility index (Phi) is 7.35. The van der Waals surface area contributed by atoms with Gasteiger partial charge in [0, 0.05) is 21.2 Å². The van der Waals surface area contributed by atoms with Crippen LogP contribution in [0.25, 0.3) is 0 Å². The van der Waals surface area contributed by atoms with Crippen molar-refractivity contribution in [2.45, 2.75) is 50.8 Å². The first-order valence-electron chi connectivity index (χ1n) is 6.70. The molecule has 1 aromatic rings. The molecule has 0 amide bonds. The molecule has 1 N–H and O–H groups in total. The van der Waals surface area contributed by atoms with Crippen LogP contribution in [0.4, 0.5) is 0 Å². The van der Waals surface area contributed by atoms with Crippen LogP contribution in [0.15, 0.2) is 27.6 Å². The molecule has 0 aliphatic rings. The van der Waals surface area contributed by atoms with Gasteiger partial charge in [-0.2, -0.15) is 0 Å². The summed E-state index contributed by atoms with van der Waals surface area (Å²) in [4.78, 5) is 1.35. The molecule has 1 aromatic carbocycles. The van der Waals surface area contributed by atoms with Crippen LogP contribution >= 0.6 is 27.7 Å². The van der Waals surface area contributed by atoms with Crippen molar-refractivity contribution < 1.29 is 0 Å². The van der Waals surface area contributed by atoms with Crippen molar-refractivity contribution >= 4 is 27.7 Å². The van der Waals surface area contributed by atoms with Gasteiger partial charge in [0.25, 0.3) is 0 Å². The first-order valence-corrected chi connectivity index (χ1v) is 8.37. The molecule has 102 valence electrons. The second-order valence-electron chi connectivity index (χ2n) is 5.00. The molecule has 0 fully saturated rings. The van der Waals surface area contributed by atoms with Crippen LogP contribution in [0, 0.1) is 5.92 Å². The Balaban J connectivity index is 2.61. The summed E-state index contributed by atoms with van der Waals surface area (Å²) < 4.78 is 1.21. The molecule has 0 radical (unpaired) electrons. The zero-order valence-corrected chi connectivity index (χ0v) is 14.2. The van der Waals surface area contributed by atoms with Gasteiger partial charge in [-0.3, -0.25) is 0 Å². The van der Waals surface area contributed by atoms with Gasteiger partial charge in [-0.1, -0.05) is 49.7 Å². The molecule has 1 atom stereocenters. The summed E-state index contributed by atoms with van der Waals surface area (Å²) in [5.74, 6) is 0.708. The summed E-state index contributed by atoms with van der Waals surface area (Å²) >= 11 is 5.63. The lowest BCUT2D eigenvalue weighted by atomic mass is 10.2. The molecule has 1 rings (SSSR count). The Morgan fingerprint density at radius 3 is 2.56 bits per heavy atom. The molecular weight excluding hydrogens is 306 g/mol. The van der Waals surface area contributed by atoms with Gasteiger partial charge in [-0.25, -0.2) is 0 Å². The fourth-order valence-corrected chi connectivity index (χ4v) is 3.20. The number of hydrogen-bond acceptors (Lipinski definition) is 2. The maximum absolute atomic E-state index is 3.67. The zero-order chi connectivity index (χ0) is 13.5. The predicted octanol–water partition coefficient (Wildman–Crippen LogP) is 5.09. The molecule has 0 saturated carbocycles. The van der Waals surface area contributed by atoms with E-state index in [0.717, 1.165) is 13.1 Å². The zero-order valence-electron chi connectivity index (χ0n) is 11.8. The number of rotatable bonds is 7. The molecule has 0 saturated heterocycles. The molecule has 1 nitrogen and oxygen atoms in total. The number of nitrogens with one attached hydrogen (secondary N) is 1. The Bertz CT molecular complexity index is 366. The molecule has 0 heterocycles. The summed E-state index contributed by atoms with van der Waals surface area (Å²) in [5.41, 5.74) is 1.34. The lowest BCUT2D eigenvalue weighted by Gasteiger charge is -2.15. The molecule has 0 aromatic heterocycles. The monoisotopic (exact) mass is 329 g/mol. The molecule has 0 aliphatic heterocycles. The normalized spacial score (nSPS) is 13.0. The Morgan fingerprint density at radius 2 is 2.00 bits per heavy atom. The first kappa shape index (κ1) is 16.1. The minimum absolute atomic E-state index is 0.654. The third kappa shape index (κ3) is 5.33. The van der Waals surface area contributed by atoms with Gasteiger partial charge in [0.05, 0.1) is 0 Å². The number of thioether (sulfide) groups is 1. The van der Waals surface area contributed by atoms with Crippen molar-refractivity contribution in [3.05, 3.63) is 28.2 Å². The summed E-state index contributed by atoms with van der Waals surface area (Å²) in [7, 11) is 0. The van der Waals surface area contributed by atoms with E-state index in [1.807, 2.05) is 11.8 Å². The Hall–Kier alpha value is 0.01000. The topological polar surface area (TPSA) is 12.0 Å². The number of halogens is 1. The SMILES string of the molecule is CCCNCc1ccc(SC(C)C(C)C)cc1Br. The Labute approximate surface area is 124 Å². The number of benzene rings is 1. The second kappa shape index (κ2) is 8.23. The van der Waals surface area contributed by atoms with E-state index in [1.165, 1.54) is 21.4 Å². The van der Waals surface area contributed by atoms with Crippen LogP contribution in [0.2, 0.25) is 0 Å². The summed E-state index contributed by atoms with van der Waals surface area (Å²) in [5, 5.41) is 4.09. The maximum Gasteiger partial charge on any atom is 0.0231 e. The van der Waals surface area contributed by atoms with Crippen molar-refractivity contribution in [1.82, 2.24) is 5.32 Å². The van der Waals surface area contributed by atoms with E-state index in [0.29, 0.717) is 11.2 Å². The summed E-state index contributed by atoms with van der Waals surface area (Å²) in [6.45, 7) is 11.0. The van der Waals surface area contributed by atoms with Crippen LogP contribution < -0.4 is 5.32 Å². The Morgan fingerprint density at radius 1 is 1.28 bits per heavy atom. The van der Waals surface area contributed by atoms with Gasteiger partial charge in [-0.05, 0) is 36.6 Å². The van der Waals surface area contributed by atoms with Crippen molar-refractivity contribution in [3.8, 4) is 0 Å². The fourth-order valence-electron chi connectivity index (χ4n) is 1.50. The largest absolute Gasteiger partial charge is 0.313 e. The van der Waals surface area contributed by atoms with Gasteiger partial charge >= 0.3 is 0 Å². The maximum atomic E-state index is 3.67. The predicted molar refractivity (Wildman–Crippen MR) is 86.3 cm³/mol. The second-order valence-corrected chi connectivity index (χ2v) is 7.30. The summed E-state index contributed by atoms with van der Waals surface area (Å²) in [6.07, 6.45) is 1.18. The van der Waals surface area contributed by atoms with Crippen LogP contribution in [0.5, 0.6) is 0 Å². The van der Waals surface area contributed by atoms with Gasteiger partial charge < -0.3 is 5.32 Å². The first-order chi connectivity index (χ1) is 8.54. The van der Waals surface area contributed by atoms with Crippen molar-refractivity contribution in [1.29, 1.82) is 0 Å². The van der Waals surface area contributed by atoms with Crippen LogP contribution in [-0.4, -0.2) is 11.8 Å². The van der Waals surface area contributed by atoms with E-state index in [9.17, 15) is 0 Å². The van der Waals surface area contributed by atoms with Crippen LogP contribution in [0.3, 0.4) is 0 Å². The highest BCUT2D eigenvalue weighted by atomic mass is 79.9. The van der Waals surface area contributed by atoms with E-state index in [4.69, 9.17) is 0 Å². The molecule has 0 bridgehead atoms. The van der Waals surface area contributed by atoms with Crippen LogP contribution in [0.1, 0.15) is 39.7 Å². The standard InChI is InChI=1S/C15H24BrNS/c1-5-8-17-10-13-6-7-14(9-15(13)16)18-12(4)11(2)3/h6-7,9,11-12,17H,5,8,10H2,1-4H3. The van der Waals surface area contributed by atoms with Crippen molar-refractivity contribution in [3.63, 3.8) is 0 Å². The van der Waals surface area contributed by atoms with E-state index in [2.05, 4.69) is 67.1 Å². The van der Waals surface area contributed by atoms with Crippen molar-refractivity contribution in [2.24, 2.45) is 5.92 Å². The van der Waals surface area contributed by atoms with Crippen LogP contribution in [-0.2, 0) is 6.54 Å². The quantitative estimate of drug-likeness (QED) is 0.552. The van der Waals surface area contributed by atoms with Gasteiger partial charge in [0.2, 0.25) is 0 Å². The van der Waals surface area contributed by atoms with Gasteiger partial charge in [0.1, 0.15) is 0 Å². The number of hydrogen-bond donors (Lipinski definition) is 1. The summed E-state index contributed by atoms with van der Waals surface area (Å²) in [6, 6.07) is 6.70. The lowest BCUT2D eigenvalue weighted by Crippen LogP contribution is -2.14. The minimum atomic E-state index is 0.654. The highest BCUT2D eigenvalue weighted by molar-refractivity contribution is 9.10. The molecular formula is C15H24BrNS. The molecule has 3 heteroatoms. The average Bonchev–Trinajstić information content (AvgIpc) is 2.32. The third-order valence-electron chi connectivity index (χ3n) is 3.03.